The number of halogens is 1. The first-order valence-electron chi connectivity index (χ1n) is 5.15. The molecule has 0 spiro atoms. The van der Waals surface area contributed by atoms with Crippen LogP contribution in [0.3, 0.4) is 0 Å². The van der Waals surface area contributed by atoms with E-state index in [1.165, 1.54) is 0 Å². The molecule has 0 fully saturated rings. The van der Waals surface area contributed by atoms with Crippen molar-refractivity contribution in [2.24, 2.45) is 11.1 Å². The normalized spacial score (nSPS) is 11.2. The second kappa shape index (κ2) is 5.21. The molecule has 0 aromatic heterocycles. The molecule has 1 rings (SSSR count). The monoisotopic (exact) mass is 240 g/mol. The lowest BCUT2D eigenvalue weighted by atomic mass is 9.88. The molecule has 3 nitrogen and oxygen atoms in total. The van der Waals surface area contributed by atoms with E-state index < -0.39 is 0 Å². The zero-order chi connectivity index (χ0) is 12.2. The van der Waals surface area contributed by atoms with Crippen LogP contribution in [0.15, 0.2) is 24.3 Å². The van der Waals surface area contributed by atoms with Crippen LogP contribution >= 0.6 is 11.6 Å². The lowest BCUT2D eigenvalue weighted by Crippen LogP contribution is -2.32. The lowest BCUT2D eigenvalue weighted by molar-refractivity contribution is 0.269. The number of amidine groups is 1. The summed E-state index contributed by atoms with van der Waals surface area (Å²) in [5, 5.41) is 8.07. The van der Waals surface area contributed by atoms with Crippen molar-refractivity contribution < 1.29 is 4.74 Å². The highest BCUT2D eigenvalue weighted by Gasteiger charge is 2.21. The van der Waals surface area contributed by atoms with Gasteiger partial charge in [-0.2, -0.15) is 0 Å². The summed E-state index contributed by atoms with van der Waals surface area (Å²) in [4.78, 5) is 0. The number of rotatable bonds is 5. The first kappa shape index (κ1) is 12.8. The fourth-order valence-electron chi connectivity index (χ4n) is 1.12. The Kier molecular flexibility index (Phi) is 4.19. The fourth-order valence-corrected chi connectivity index (χ4v) is 1.30. The van der Waals surface area contributed by atoms with Gasteiger partial charge in [0, 0.05) is 10.4 Å². The zero-order valence-electron chi connectivity index (χ0n) is 9.59. The molecule has 0 saturated heterocycles. The molecular weight excluding hydrogens is 224 g/mol. The summed E-state index contributed by atoms with van der Waals surface area (Å²) in [6.07, 6.45) is 0.703. The van der Waals surface area contributed by atoms with Crippen LogP contribution in [0.2, 0.25) is 5.02 Å². The maximum Gasteiger partial charge on any atom is 0.120 e. The Morgan fingerprint density at radius 2 is 2.19 bits per heavy atom. The molecule has 0 aliphatic carbocycles. The minimum atomic E-state index is -0.321. The molecule has 1 aromatic carbocycles. The molecule has 0 bridgehead atoms. The van der Waals surface area contributed by atoms with Gasteiger partial charge in [0.25, 0.3) is 0 Å². The highest BCUT2D eigenvalue weighted by Crippen LogP contribution is 2.22. The van der Waals surface area contributed by atoms with Crippen LogP contribution in [-0.2, 0) is 0 Å². The molecule has 3 N–H and O–H groups in total. The minimum absolute atomic E-state index is 0.183. The van der Waals surface area contributed by atoms with E-state index in [4.69, 9.17) is 27.5 Å². The summed E-state index contributed by atoms with van der Waals surface area (Å²) < 4.78 is 5.54. The molecule has 1 aromatic rings. The van der Waals surface area contributed by atoms with E-state index >= 15 is 0 Å². The first-order valence-corrected chi connectivity index (χ1v) is 5.52. The molecule has 0 atom stereocenters. The molecule has 88 valence electrons. The first-order chi connectivity index (χ1) is 7.42. The molecule has 0 aliphatic rings. The van der Waals surface area contributed by atoms with E-state index in [0.29, 0.717) is 18.1 Å². The third-order valence-electron chi connectivity index (χ3n) is 2.52. The van der Waals surface area contributed by atoms with Crippen molar-refractivity contribution in [2.45, 2.75) is 20.3 Å². The van der Waals surface area contributed by atoms with E-state index in [1.54, 1.807) is 12.1 Å². The van der Waals surface area contributed by atoms with Crippen LogP contribution in [0, 0.1) is 10.8 Å². The van der Waals surface area contributed by atoms with Gasteiger partial charge in [-0.25, -0.2) is 0 Å². The third kappa shape index (κ3) is 3.74. The Morgan fingerprint density at radius 3 is 2.75 bits per heavy atom. The van der Waals surface area contributed by atoms with Crippen molar-refractivity contribution in [1.29, 1.82) is 5.41 Å². The van der Waals surface area contributed by atoms with Crippen molar-refractivity contribution in [1.82, 2.24) is 0 Å². The Balaban J connectivity index is 2.45. The maximum absolute atomic E-state index is 7.42. The number of hydrogen-bond acceptors (Lipinski definition) is 2. The average molecular weight is 241 g/mol. The highest BCUT2D eigenvalue weighted by molar-refractivity contribution is 6.30. The molecule has 0 amide bonds. The van der Waals surface area contributed by atoms with Crippen LogP contribution < -0.4 is 10.5 Å². The standard InChI is InChI=1S/C12H17ClN2O/c1-12(2,11(14)15)6-7-16-10-5-3-4-9(13)8-10/h3-5,8H,6-7H2,1-2H3,(H3,14,15). The van der Waals surface area contributed by atoms with Gasteiger partial charge in [0.15, 0.2) is 0 Å². The van der Waals surface area contributed by atoms with Gasteiger partial charge in [0.2, 0.25) is 0 Å². The van der Waals surface area contributed by atoms with Crippen LogP contribution in [0.4, 0.5) is 0 Å². The molecule has 0 unspecified atom stereocenters. The largest absolute Gasteiger partial charge is 0.494 e. The van der Waals surface area contributed by atoms with E-state index in [-0.39, 0.29) is 11.3 Å². The Bertz CT molecular complexity index is 377. The summed E-state index contributed by atoms with van der Waals surface area (Å²) in [6.45, 7) is 4.38. The topological polar surface area (TPSA) is 59.1 Å². The Hall–Kier alpha value is -1.22. The summed E-state index contributed by atoms with van der Waals surface area (Å²) in [7, 11) is 0. The predicted molar refractivity (Wildman–Crippen MR) is 67.3 cm³/mol. The SMILES string of the molecule is CC(C)(CCOc1cccc(Cl)c1)C(=N)N. The molecule has 4 heteroatoms. The Labute approximate surface area is 101 Å². The Morgan fingerprint density at radius 1 is 1.50 bits per heavy atom. The van der Waals surface area contributed by atoms with Gasteiger partial charge in [0.1, 0.15) is 5.75 Å². The van der Waals surface area contributed by atoms with Crippen LogP contribution in [-0.4, -0.2) is 12.4 Å². The highest BCUT2D eigenvalue weighted by atomic mass is 35.5. The fraction of sp³-hybridized carbons (Fsp3) is 0.417. The predicted octanol–water partition coefficient (Wildman–Crippen LogP) is 3.07. The van der Waals surface area contributed by atoms with E-state index in [2.05, 4.69) is 0 Å². The van der Waals surface area contributed by atoms with Gasteiger partial charge in [-0.05, 0) is 24.6 Å². The lowest BCUT2D eigenvalue weighted by Gasteiger charge is -2.22. The van der Waals surface area contributed by atoms with Gasteiger partial charge in [0.05, 0.1) is 12.4 Å². The minimum Gasteiger partial charge on any atom is -0.494 e. The van der Waals surface area contributed by atoms with Crippen molar-refractivity contribution in [2.75, 3.05) is 6.61 Å². The second-order valence-electron chi connectivity index (χ2n) is 4.35. The molecular formula is C12H17ClN2O. The van der Waals surface area contributed by atoms with Gasteiger partial charge >= 0.3 is 0 Å². The zero-order valence-corrected chi connectivity index (χ0v) is 10.3. The van der Waals surface area contributed by atoms with Crippen molar-refractivity contribution in [3.63, 3.8) is 0 Å². The number of nitrogens with two attached hydrogens (primary N) is 1. The van der Waals surface area contributed by atoms with E-state index in [0.717, 1.165) is 5.75 Å². The molecule has 16 heavy (non-hydrogen) atoms. The van der Waals surface area contributed by atoms with E-state index in [9.17, 15) is 0 Å². The number of benzene rings is 1. The van der Waals surface area contributed by atoms with Gasteiger partial charge in [-0.1, -0.05) is 31.5 Å². The summed E-state index contributed by atoms with van der Waals surface area (Å²) >= 11 is 5.83. The third-order valence-corrected chi connectivity index (χ3v) is 2.76. The second-order valence-corrected chi connectivity index (χ2v) is 4.79. The van der Waals surface area contributed by atoms with Gasteiger partial charge in [-0.3, -0.25) is 5.41 Å². The van der Waals surface area contributed by atoms with Crippen molar-refractivity contribution >= 4 is 17.4 Å². The summed E-state index contributed by atoms with van der Waals surface area (Å²) in [5.74, 6) is 0.925. The number of hydrogen-bond donors (Lipinski definition) is 2. The maximum atomic E-state index is 7.42. The number of nitrogens with one attached hydrogen (secondary N) is 1. The van der Waals surface area contributed by atoms with Crippen LogP contribution in [0.1, 0.15) is 20.3 Å². The van der Waals surface area contributed by atoms with Gasteiger partial charge < -0.3 is 10.5 Å². The van der Waals surface area contributed by atoms with Crippen molar-refractivity contribution in [3.05, 3.63) is 29.3 Å². The molecule has 0 aliphatic heterocycles. The smallest absolute Gasteiger partial charge is 0.120 e. The summed E-state index contributed by atoms with van der Waals surface area (Å²) in [5.41, 5.74) is 5.16. The van der Waals surface area contributed by atoms with E-state index in [1.807, 2.05) is 26.0 Å². The quantitative estimate of drug-likeness (QED) is 0.614. The van der Waals surface area contributed by atoms with Crippen molar-refractivity contribution in [3.8, 4) is 5.75 Å². The van der Waals surface area contributed by atoms with Crippen LogP contribution in [0.25, 0.3) is 0 Å². The molecule has 0 saturated carbocycles. The van der Waals surface area contributed by atoms with Crippen LogP contribution in [0.5, 0.6) is 5.75 Å². The molecule has 0 radical (unpaired) electrons. The average Bonchev–Trinajstić information content (AvgIpc) is 2.17. The van der Waals surface area contributed by atoms with Gasteiger partial charge in [-0.15, -0.1) is 0 Å². The molecule has 0 heterocycles. The number of ether oxygens (including phenoxy) is 1. The summed E-state index contributed by atoms with van der Waals surface area (Å²) in [6, 6.07) is 7.26.